The molecule has 110 valence electrons. The summed E-state index contributed by atoms with van der Waals surface area (Å²) in [6.07, 6.45) is -0.260. The third-order valence-corrected chi connectivity index (χ3v) is 3.62. The van der Waals surface area contributed by atoms with Gasteiger partial charge in [-0.05, 0) is 12.5 Å². The van der Waals surface area contributed by atoms with E-state index in [0.29, 0.717) is 26.2 Å². The van der Waals surface area contributed by atoms with Crippen LogP contribution in [0.15, 0.2) is 30.3 Å². The number of hydrogen-bond donors (Lipinski definition) is 1. The zero-order valence-corrected chi connectivity index (χ0v) is 11.9. The van der Waals surface area contributed by atoms with E-state index in [1.807, 2.05) is 30.3 Å². The van der Waals surface area contributed by atoms with Crippen LogP contribution in [0.5, 0.6) is 0 Å². The molecule has 20 heavy (non-hydrogen) atoms. The van der Waals surface area contributed by atoms with Crippen molar-refractivity contribution in [1.82, 2.24) is 9.80 Å². The first-order chi connectivity index (χ1) is 9.70. The van der Waals surface area contributed by atoms with Gasteiger partial charge in [-0.2, -0.15) is 0 Å². The van der Waals surface area contributed by atoms with Crippen molar-refractivity contribution in [2.75, 3.05) is 32.8 Å². The molecule has 1 amide bonds. The summed E-state index contributed by atoms with van der Waals surface area (Å²) in [6, 6.07) is 9.93. The lowest BCUT2D eigenvalue weighted by atomic mass is 10.2. The normalized spacial score (nSPS) is 19.9. The molecule has 1 aliphatic rings. The summed E-state index contributed by atoms with van der Waals surface area (Å²) in [5.74, 6) is 0. The maximum absolute atomic E-state index is 12.0. The molecule has 0 spiro atoms. The van der Waals surface area contributed by atoms with Crippen LogP contribution < -0.4 is 0 Å². The number of aliphatic hydroxyl groups excluding tert-OH is 1. The lowest BCUT2D eigenvalue weighted by molar-refractivity contribution is 0.0454. The fourth-order valence-electron chi connectivity index (χ4n) is 2.43. The molecule has 0 aromatic heterocycles. The number of β-amino-alcohol motifs (C(OH)–C–C–N with tert-alkyl or cyclic N) is 1. The zero-order valence-electron chi connectivity index (χ0n) is 11.9. The number of hydrogen-bond acceptors (Lipinski definition) is 4. The van der Waals surface area contributed by atoms with Crippen LogP contribution in [0.3, 0.4) is 0 Å². The number of benzene rings is 1. The van der Waals surface area contributed by atoms with Crippen LogP contribution in [0.1, 0.15) is 12.5 Å². The summed E-state index contributed by atoms with van der Waals surface area (Å²) in [5.41, 5.74) is 0.993. The van der Waals surface area contributed by atoms with Gasteiger partial charge in [0, 0.05) is 32.2 Å². The Kier molecular flexibility index (Phi) is 5.38. The molecule has 1 aromatic rings. The Morgan fingerprint density at radius 2 is 2.10 bits per heavy atom. The second-order valence-electron chi connectivity index (χ2n) is 5.09. The molecule has 0 unspecified atom stereocenters. The van der Waals surface area contributed by atoms with E-state index in [2.05, 4.69) is 11.8 Å². The van der Waals surface area contributed by atoms with Gasteiger partial charge < -0.3 is 14.7 Å². The predicted molar refractivity (Wildman–Crippen MR) is 76.3 cm³/mol. The van der Waals surface area contributed by atoms with E-state index >= 15 is 0 Å². The Labute approximate surface area is 119 Å². The van der Waals surface area contributed by atoms with E-state index in [-0.39, 0.29) is 18.7 Å². The molecular weight excluding hydrogens is 256 g/mol. The standard InChI is InChI=1S/C15H22N2O3/c1-13-11-17(8-7-16(13)9-10-18)15(19)20-12-14-5-3-2-4-6-14/h2-6,13,18H,7-12H2,1H3/t13-/m1/s1. The summed E-state index contributed by atoms with van der Waals surface area (Å²) in [7, 11) is 0. The van der Waals surface area contributed by atoms with Crippen LogP contribution in [0.25, 0.3) is 0 Å². The van der Waals surface area contributed by atoms with E-state index < -0.39 is 0 Å². The maximum Gasteiger partial charge on any atom is 0.410 e. The Balaban J connectivity index is 1.79. The van der Waals surface area contributed by atoms with Crippen LogP contribution in [0.2, 0.25) is 0 Å². The number of aliphatic hydroxyl groups is 1. The first kappa shape index (κ1) is 14.8. The number of carbonyl (C=O) groups is 1. The number of piperazine rings is 1. The quantitative estimate of drug-likeness (QED) is 0.902. The molecular formula is C15H22N2O3. The highest BCUT2D eigenvalue weighted by Gasteiger charge is 2.26. The molecule has 1 saturated heterocycles. The second kappa shape index (κ2) is 7.26. The topological polar surface area (TPSA) is 53.0 Å². The lowest BCUT2D eigenvalue weighted by Gasteiger charge is -2.38. The molecule has 0 bridgehead atoms. The van der Waals surface area contributed by atoms with Crippen molar-refractivity contribution in [1.29, 1.82) is 0 Å². The van der Waals surface area contributed by atoms with Gasteiger partial charge in [0.25, 0.3) is 0 Å². The van der Waals surface area contributed by atoms with Gasteiger partial charge in [-0.3, -0.25) is 4.90 Å². The third-order valence-electron chi connectivity index (χ3n) is 3.62. The number of ether oxygens (including phenoxy) is 1. The van der Waals surface area contributed by atoms with Crippen molar-refractivity contribution in [2.45, 2.75) is 19.6 Å². The highest BCUT2D eigenvalue weighted by molar-refractivity contribution is 5.67. The summed E-state index contributed by atoms with van der Waals surface area (Å²) in [4.78, 5) is 15.9. The first-order valence-corrected chi connectivity index (χ1v) is 7.01. The number of rotatable bonds is 4. The van der Waals surface area contributed by atoms with Crippen LogP contribution in [0, 0.1) is 0 Å². The molecule has 1 aromatic carbocycles. The van der Waals surface area contributed by atoms with E-state index in [4.69, 9.17) is 9.84 Å². The second-order valence-corrected chi connectivity index (χ2v) is 5.09. The van der Waals surface area contributed by atoms with Gasteiger partial charge in [-0.15, -0.1) is 0 Å². The Morgan fingerprint density at radius 1 is 1.35 bits per heavy atom. The highest BCUT2D eigenvalue weighted by Crippen LogP contribution is 2.11. The largest absolute Gasteiger partial charge is 0.445 e. The van der Waals surface area contributed by atoms with Gasteiger partial charge >= 0.3 is 6.09 Å². The molecule has 1 aliphatic heterocycles. The molecule has 5 heteroatoms. The van der Waals surface area contributed by atoms with Crippen LogP contribution in [-0.2, 0) is 11.3 Å². The summed E-state index contributed by atoms with van der Waals surface area (Å²) >= 11 is 0. The average Bonchev–Trinajstić information content (AvgIpc) is 2.48. The monoisotopic (exact) mass is 278 g/mol. The lowest BCUT2D eigenvalue weighted by Crippen LogP contribution is -2.54. The summed E-state index contributed by atoms with van der Waals surface area (Å²) in [6.45, 7) is 5.27. The minimum absolute atomic E-state index is 0.156. The first-order valence-electron chi connectivity index (χ1n) is 7.01. The molecule has 1 heterocycles. The van der Waals surface area contributed by atoms with Crippen molar-refractivity contribution < 1.29 is 14.6 Å². The molecule has 0 radical (unpaired) electrons. The van der Waals surface area contributed by atoms with Crippen molar-refractivity contribution in [3.05, 3.63) is 35.9 Å². The number of nitrogens with zero attached hydrogens (tertiary/aromatic N) is 2. The predicted octanol–water partition coefficient (Wildman–Crippen LogP) is 1.32. The minimum atomic E-state index is -0.260. The van der Waals surface area contributed by atoms with E-state index in [9.17, 15) is 4.79 Å². The van der Waals surface area contributed by atoms with Gasteiger partial charge in [0.2, 0.25) is 0 Å². The van der Waals surface area contributed by atoms with Crippen molar-refractivity contribution in [3.8, 4) is 0 Å². The van der Waals surface area contributed by atoms with Crippen LogP contribution in [-0.4, -0.2) is 59.8 Å². The molecule has 2 rings (SSSR count). The fraction of sp³-hybridized carbons (Fsp3) is 0.533. The van der Waals surface area contributed by atoms with Crippen molar-refractivity contribution in [3.63, 3.8) is 0 Å². The van der Waals surface area contributed by atoms with E-state index in [1.54, 1.807) is 4.90 Å². The van der Waals surface area contributed by atoms with E-state index in [0.717, 1.165) is 12.1 Å². The average molecular weight is 278 g/mol. The van der Waals surface area contributed by atoms with E-state index in [1.165, 1.54) is 0 Å². The van der Waals surface area contributed by atoms with Crippen LogP contribution in [0.4, 0.5) is 4.79 Å². The minimum Gasteiger partial charge on any atom is -0.445 e. The molecule has 1 N–H and O–H groups in total. The third kappa shape index (κ3) is 3.95. The molecule has 1 fully saturated rings. The maximum atomic E-state index is 12.0. The molecule has 0 aliphatic carbocycles. The van der Waals surface area contributed by atoms with Gasteiger partial charge in [0.1, 0.15) is 6.61 Å². The van der Waals surface area contributed by atoms with Crippen molar-refractivity contribution >= 4 is 6.09 Å². The number of amides is 1. The van der Waals surface area contributed by atoms with Gasteiger partial charge in [-0.25, -0.2) is 4.79 Å². The summed E-state index contributed by atoms with van der Waals surface area (Å²) in [5, 5.41) is 8.97. The SMILES string of the molecule is C[C@@H]1CN(C(=O)OCc2ccccc2)CCN1CCO. The summed E-state index contributed by atoms with van der Waals surface area (Å²) < 4.78 is 5.33. The zero-order chi connectivity index (χ0) is 14.4. The van der Waals surface area contributed by atoms with Crippen molar-refractivity contribution in [2.24, 2.45) is 0 Å². The smallest absolute Gasteiger partial charge is 0.410 e. The van der Waals surface area contributed by atoms with Gasteiger partial charge in [0.15, 0.2) is 0 Å². The highest BCUT2D eigenvalue weighted by atomic mass is 16.6. The Bertz CT molecular complexity index is 424. The fourth-order valence-corrected chi connectivity index (χ4v) is 2.43. The Morgan fingerprint density at radius 3 is 2.75 bits per heavy atom. The van der Waals surface area contributed by atoms with Gasteiger partial charge in [0.05, 0.1) is 6.61 Å². The molecule has 0 saturated carbocycles. The molecule has 1 atom stereocenters. The Hall–Kier alpha value is -1.59. The number of carbonyl (C=O) groups excluding carboxylic acids is 1. The van der Waals surface area contributed by atoms with Crippen LogP contribution >= 0.6 is 0 Å². The van der Waals surface area contributed by atoms with Gasteiger partial charge in [-0.1, -0.05) is 30.3 Å². The molecule has 5 nitrogen and oxygen atoms in total.